The summed E-state index contributed by atoms with van der Waals surface area (Å²) in [6, 6.07) is 8.83. The molecule has 1 atom stereocenters. The van der Waals surface area contributed by atoms with Crippen LogP contribution >= 0.6 is 0 Å². The lowest BCUT2D eigenvalue weighted by Gasteiger charge is -2.37. The van der Waals surface area contributed by atoms with Crippen LogP contribution in [0, 0.1) is 0 Å². The van der Waals surface area contributed by atoms with Crippen LogP contribution in [0.2, 0.25) is 0 Å². The van der Waals surface area contributed by atoms with Crippen molar-refractivity contribution in [2.45, 2.75) is 63.6 Å². The quantitative estimate of drug-likeness (QED) is 0.383. The van der Waals surface area contributed by atoms with Crippen molar-refractivity contribution in [2.75, 3.05) is 56.5 Å². The highest BCUT2D eigenvalue weighted by Gasteiger charge is 2.55. The molecule has 1 aliphatic carbocycles. The first-order chi connectivity index (χ1) is 22.6. The Balaban J connectivity index is 1.22. The number of carbonyl (C=O) groups excluding carboxylic acids is 2. The van der Waals surface area contributed by atoms with Crippen LogP contribution < -0.4 is 25.8 Å². The third-order valence-corrected chi connectivity index (χ3v) is 8.99. The Kier molecular flexibility index (Phi) is 8.79. The van der Waals surface area contributed by atoms with Crippen molar-refractivity contribution in [2.24, 2.45) is 0 Å². The van der Waals surface area contributed by atoms with E-state index in [-0.39, 0.29) is 17.4 Å². The van der Waals surface area contributed by atoms with Crippen LogP contribution in [0.25, 0.3) is 16.6 Å². The molecule has 2 aromatic carbocycles. The normalized spacial score (nSPS) is 20.1. The number of fused-ring (bicyclic) bond motifs is 1. The number of anilines is 2. The van der Waals surface area contributed by atoms with E-state index < -0.39 is 40.8 Å². The van der Waals surface area contributed by atoms with Crippen LogP contribution in [0.3, 0.4) is 0 Å². The average Bonchev–Trinajstić information content (AvgIpc) is 3.69. The van der Waals surface area contributed by atoms with E-state index in [1.165, 1.54) is 23.0 Å². The van der Waals surface area contributed by atoms with Gasteiger partial charge in [-0.1, -0.05) is 0 Å². The summed E-state index contributed by atoms with van der Waals surface area (Å²) >= 11 is 0. The topological polar surface area (TPSA) is 121 Å². The van der Waals surface area contributed by atoms with Gasteiger partial charge in [-0.3, -0.25) is 19.1 Å². The predicted molar refractivity (Wildman–Crippen MR) is 174 cm³/mol. The van der Waals surface area contributed by atoms with E-state index in [9.17, 15) is 27.6 Å². The summed E-state index contributed by atoms with van der Waals surface area (Å²) in [6.45, 7) is 9.57. The van der Waals surface area contributed by atoms with Crippen molar-refractivity contribution in [3.05, 3.63) is 53.1 Å². The fraction of sp³-hybridized carbons (Fsp3) is 0.515. The van der Waals surface area contributed by atoms with Gasteiger partial charge in [0, 0.05) is 45.0 Å². The summed E-state index contributed by atoms with van der Waals surface area (Å²) < 4.78 is 50.8. The predicted octanol–water partition coefficient (Wildman–Crippen LogP) is 4.11. The van der Waals surface area contributed by atoms with Crippen molar-refractivity contribution in [1.82, 2.24) is 24.7 Å². The lowest BCUT2D eigenvalue weighted by molar-refractivity contribution is -0.274. The third-order valence-electron chi connectivity index (χ3n) is 8.99. The van der Waals surface area contributed by atoms with E-state index in [2.05, 4.69) is 35.1 Å². The molecule has 0 spiro atoms. The fourth-order valence-corrected chi connectivity index (χ4v) is 6.33. The zero-order valence-electron chi connectivity index (χ0n) is 27.4. The Morgan fingerprint density at radius 2 is 1.69 bits per heavy atom. The molecule has 2 amide bonds. The number of amides is 2. The number of halogens is 3. The number of hydrogen-bond acceptors (Lipinski definition) is 9. The first-order valence-electron chi connectivity index (χ1n) is 16.0. The highest BCUT2D eigenvalue weighted by atomic mass is 19.4. The van der Waals surface area contributed by atoms with Crippen LogP contribution in [-0.4, -0.2) is 101 Å². The molecular formula is C33H40F3N7O5. The third kappa shape index (κ3) is 7.36. The smallest absolute Gasteiger partial charge is 0.444 e. The number of piperazine rings is 1. The molecular weight excluding hydrogens is 631 g/mol. The summed E-state index contributed by atoms with van der Waals surface area (Å²) in [7, 11) is 2.00. The maximum atomic E-state index is 13.6. The molecule has 1 unspecified atom stereocenters. The van der Waals surface area contributed by atoms with Gasteiger partial charge in [0.2, 0.25) is 5.91 Å². The number of likely N-dealkylation sites (N-methyl/N-ethyl adjacent to an activating group) is 1. The number of rotatable bonds is 7. The summed E-state index contributed by atoms with van der Waals surface area (Å²) in [5.74, 6) is -0.983. The van der Waals surface area contributed by atoms with Crippen molar-refractivity contribution < 1.29 is 32.2 Å². The van der Waals surface area contributed by atoms with Gasteiger partial charge in [-0.15, -0.1) is 13.2 Å². The SMILES string of the molecule is CN1CCN(C2(C(=O)Nc3cc(-n4cnc5cc(N6CCC(NC(=O)OC(C)(C)C)C6)ccc5c4=O)ccc3OC(F)(F)F)CC2)CC1. The van der Waals surface area contributed by atoms with Gasteiger partial charge in [0.25, 0.3) is 5.56 Å². The number of hydrogen-bond donors (Lipinski definition) is 2. The van der Waals surface area contributed by atoms with Gasteiger partial charge < -0.3 is 29.9 Å². The van der Waals surface area contributed by atoms with E-state index in [0.717, 1.165) is 31.3 Å². The van der Waals surface area contributed by atoms with Crippen LogP contribution in [-0.2, 0) is 9.53 Å². The Bertz CT molecular complexity index is 1760. The molecule has 2 N–H and O–H groups in total. The number of ether oxygens (including phenoxy) is 2. The molecule has 3 aliphatic rings. The van der Waals surface area contributed by atoms with E-state index >= 15 is 0 Å². The Morgan fingerprint density at radius 1 is 0.979 bits per heavy atom. The number of nitrogens with one attached hydrogen (secondary N) is 2. The van der Waals surface area contributed by atoms with Crippen LogP contribution in [0.15, 0.2) is 47.5 Å². The summed E-state index contributed by atoms with van der Waals surface area (Å²) in [4.78, 5) is 50.2. The molecule has 2 aliphatic heterocycles. The summed E-state index contributed by atoms with van der Waals surface area (Å²) in [5.41, 5.74) is -0.538. The standard InChI is InChI=1S/C33H40F3N7O5/c1-31(2,3)48-30(46)38-21-9-12-41(19-21)22-5-7-24-25(17-22)37-20-43(28(24)44)23-6-8-27(47-33(34,35)36)26(18-23)39-29(45)32(10-11-32)42-15-13-40(4)14-16-42/h5-8,17-18,20-21H,9-16,19H2,1-4H3,(H,38,46)(H,39,45). The molecule has 1 saturated carbocycles. The lowest BCUT2D eigenvalue weighted by Crippen LogP contribution is -2.54. The minimum Gasteiger partial charge on any atom is -0.444 e. The number of alkyl carbamates (subject to hydrolysis) is 1. The Morgan fingerprint density at radius 3 is 2.35 bits per heavy atom. The van der Waals surface area contributed by atoms with Crippen LogP contribution in [0.1, 0.15) is 40.0 Å². The molecule has 3 aromatic rings. The number of benzene rings is 2. The molecule has 48 heavy (non-hydrogen) atoms. The van der Waals surface area contributed by atoms with Crippen molar-refractivity contribution in [3.63, 3.8) is 0 Å². The monoisotopic (exact) mass is 671 g/mol. The van der Waals surface area contributed by atoms with Crippen LogP contribution in [0.5, 0.6) is 5.75 Å². The minimum atomic E-state index is -4.99. The molecule has 1 aromatic heterocycles. The molecule has 258 valence electrons. The second-order valence-corrected chi connectivity index (χ2v) is 13.7. The summed E-state index contributed by atoms with van der Waals surface area (Å²) in [6.07, 6.45) is -2.23. The van der Waals surface area contributed by atoms with Crippen molar-refractivity contribution in [1.29, 1.82) is 0 Å². The van der Waals surface area contributed by atoms with Crippen LogP contribution in [0.4, 0.5) is 29.3 Å². The number of aromatic nitrogens is 2. The van der Waals surface area contributed by atoms with E-state index in [0.29, 0.717) is 49.9 Å². The van der Waals surface area contributed by atoms with E-state index in [1.54, 1.807) is 39.0 Å². The molecule has 3 heterocycles. The maximum absolute atomic E-state index is 13.6. The van der Waals surface area contributed by atoms with Gasteiger partial charge in [-0.2, -0.15) is 0 Å². The Hall–Kier alpha value is -4.37. The maximum Gasteiger partial charge on any atom is 0.573 e. The molecule has 3 fully saturated rings. The van der Waals surface area contributed by atoms with Crippen molar-refractivity contribution in [3.8, 4) is 11.4 Å². The molecule has 0 radical (unpaired) electrons. The van der Waals surface area contributed by atoms with Gasteiger partial charge in [0.1, 0.15) is 17.5 Å². The first kappa shape index (κ1) is 33.5. The molecule has 12 nitrogen and oxygen atoms in total. The summed E-state index contributed by atoms with van der Waals surface area (Å²) in [5, 5.41) is 5.88. The highest BCUT2D eigenvalue weighted by molar-refractivity contribution is 6.01. The van der Waals surface area contributed by atoms with Gasteiger partial charge in [-0.05, 0) is 83.5 Å². The number of nitrogens with zero attached hydrogens (tertiary/aromatic N) is 5. The molecule has 2 saturated heterocycles. The van der Waals surface area contributed by atoms with Gasteiger partial charge in [0.15, 0.2) is 5.75 Å². The highest BCUT2D eigenvalue weighted by Crippen LogP contribution is 2.44. The second kappa shape index (κ2) is 12.6. The van der Waals surface area contributed by atoms with Gasteiger partial charge in [0.05, 0.1) is 28.3 Å². The second-order valence-electron chi connectivity index (χ2n) is 13.7. The van der Waals surface area contributed by atoms with Crippen molar-refractivity contribution >= 4 is 34.3 Å². The fourth-order valence-electron chi connectivity index (χ4n) is 6.33. The zero-order chi connectivity index (χ0) is 34.4. The zero-order valence-corrected chi connectivity index (χ0v) is 27.4. The average molecular weight is 672 g/mol. The van der Waals surface area contributed by atoms with E-state index in [4.69, 9.17) is 4.74 Å². The minimum absolute atomic E-state index is 0.105. The first-order valence-corrected chi connectivity index (χ1v) is 16.0. The number of carbonyl (C=O) groups is 2. The lowest BCUT2D eigenvalue weighted by atomic mass is 10.1. The largest absolute Gasteiger partial charge is 0.573 e. The molecule has 6 rings (SSSR count). The van der Waals surface area contributed by atoms with Gasteiger partial charge in [-0.25, -0.2) is 9.78 Å². The van der Waals surface area contributed by atoms with Gasteiger partial charge >= 0.3 is 12.5 Å². The number of alkyl halides is 3. The molecule has 15 heteroatoms. The molecule has 0 bridgehead atoms. The van der Waals surface area contributed by atoms with E-state index in [1.807, 2.05) is 7.05 Å². The Labute approximate surface area is 275 Å².